The SMILES string of the molecule is CNc1nc(N2CCCN(C)C(=O)C2)c(F)cc1F. The number of carbonyl (C=O) groups excluding carboxylic acids is 1. The minimum absolute atomic E-state index is 0.00870. The van der Waals surface area contributed by atoms with Crippen LogP contribution in [-0.4, -0.2) is 49.5 Å². The number of hydrogen-bond acceptors (Lipinski definition) is 4. The van der Waals surface area contributed by atoms with E-state index in [-0.39, 0.29) is 24.1 Å². The Hall–Kier alpha value is -1.92. The smallest absolute Gasteiger partial charge is 0.241 e. The van der Waals surface area contributed by atoms with Gasteiger partial charge in [0, 0.05) is 33.3 Å². The molecular formula is C12H16F2N4O. The van der Waals surface area contributed by atoms with Crippen LogP contribution in [0, 0.1) is 11.6 Å². The monoisotopic (exact) mass is 270 g/mol. The van der Waals surface area contributed by atoms with Crippen molar-refractivity contribution in [1.82, 2.24) is 9.88 Å². The number of halogens is 2. The Morgan fingerprint density at radius 1 is 1.32 bits per heavy atom. The molecule has 0 spiro atoms. The zero-order valence-corrected chi connectivity index (χ0v) is 10.9. The van der Waals surface area contributed by atoms with Gasteiger partial charge in [0.15, 0.2) is 23.3 Å². The third-order valence-electron chi connectivity index (χ3n) is 3.12. The Balaban J connectivity index is 2.32. The van der Waals surface area contributed by atoms with Gasteiger partial charge in [0.1, 0.15) is 0 Å². The number of amides is 1. The van der Waals surface area contributed by atoms with Crippen molar-refractivity contribution in [2.75, 3.05) is 43.9 Å². The molecule has 0 aliphatic carbocycles. The standard InChI is InChI=1S/C12H16F2N4O/c1-15-11-8(13)6-9(14)12(16-11)18-5-3-4-17(2)10(19)7-18/h6H,3-5,7H2,1-2H3,(H,15,16). The normalized spacial score (nSPS) is 16.5. The molecule has 1 aromatic heterocycles. The summed E-state index contributed by atoms with van der Waals surface area (Å²) >= 11 is 0. The average molecular weight is 270 g/mol. The fraction of sp³-hybridized carbons (Fsp3) is 0.500. The van der Waals surface area contributed by atoms with Crippen LogP contribution in [0.4, 0.5) is 20.4 Å². The Bertz CT molecular complexity index is 495. The van der Waals surface area contributed by atoms with E-state index in [0.29, 0.717) is 13.1 Å². The van der Waals surface area contributed by atoms with E-state index in [1.807, 2.05) is 0 Å². The molecule has 2 heterocycles. The Kier molecular flexibility index (Phi) is 3.82. The highest BCUT2D eigenvalue weighted by atomic mass is 19.1. The van der Waals surface area contributed by atoms with E-state index in [1.165, 1.54) is 7.05 Å². The van der Waals surface area contributed by atoms with E-state index >= 15 is 0 Å². The van der Waals surface area contributed by atoms with Crippen molar-refractivity contribution in [3.63, 3.8) is 0 Å². The van der Waals surface area contributed by atoms with Gasteiger partial charge in [0.25, 0.3) is 0 Å². The summed E-state index contributed by atoms with van der Waals surface area (Å²) in [5.41, 5.74) is 0. The molecular weight excluding hydrogens is 254 g/mol. The summed E-state index contributed by atoms with van der Waals surface area (Å²) < 4.78 is 27.2. The summed E-state index contributed by atoms with van der Waals surface area (Å²) in [6, 6.07) is 0.785. The minimum Gasteiger partial charge on any atom is -0.371 e. The molecule has 0 unspecified atom stereocenters. The number of hydrogen-bond donors (Lipinski definition) is 1. The van der Waals surface area contributed by atoms with Crippen LogP contribution in [0.2, 0.25) is 0 Å². The molecule has 0 radical (unpaired) electrons. The molecule has 0 aromatic carbocycles. The summed E-state index contributed by atoms with van der Waals surface area (Å²) in [4.78, 5) is 18.8. The average Bonchev–Trinajstić information content (AvgIpc) is 2.52. The Labute approximate surface area is 110 Å². The lowest BCUT2D eigenvalue weighted by Gasteiger charge is -2.21. The second-order valence-corrected chi connectivity index (χ2v) is 4.46. The molecule has 1 N–H and O–H groups in total. The second-order valence-electron chi connectivity index (χ2n) is 4.46. The summed E-state index contributed by atoms with van der Waals surface area (Å²) in [5.74, 6) is -1.62. The van der Waals surface area contributed by atoms with E-state index in [4.69, 9.17) is 0 Å². The molecule has 0 saturated carbocycles. The maximum Gasteiger partial charge on any atom is 0.241 e. The van der Waals surface area contributed by atoms with Gasteiger partial charge >= 0.3 is 0 Å². The largest absolute Gasteiger partial charge is 0.371 e. The molecule has 5 nitrogen and oxygen atoms in total. The first-order chi connectivity index (χ1) is 9.02. The van der Waals surface area contributed by atoms with E-state index < -0.39 is 11.6 Å². The predicted molar refractivity (Wildman–Crippen MR) is 68.2 cm³/mol. The van der Waals surface area contributed by atoms with E-state index in [9.17, 15) is 13.6 Å². The quantitative estimate of drug-likeness (QED) is 0.873. The fourth-order valence-electron chi connectivity index (χ4n) is 2.02. The van der Waals surface area contributed by atoms with Crippen LogP contribution in [0.5, 0.6) is 0 Å². The fourth-order valence-corrected chi connectivity index (χ4v) is 2.02. The third-order valence-corrected chi connectivity index (χ3v) is 3.12. The predicted octanol–water partition coefficient (Wildman–Crippen LogP) is 1.07. The second kappa shape index (κ2) is 5.38. The molecule has 1 aliphatic rings. The molecule has 2 rings (SSSR count). The first-order valence-corrected chi connectivity index (χ1v) is 6.05. The number of aromatic nitrogens is 1. The summed E-state index contributed by atoms with van der Waals surface area (Å²) in [7, 11) is 3.22. The van der Waals surface area contributed by atoms with Crippen LogP contribution >= 0.6 is 0 Å². The van der Waals surface area contributed by atoms with Crippen LogP contribution in [0.1, 0.15) is 6.42 Å². The van der Waals surface area contributed by atoms with Crippen LogP contribution in [0.3, 0.4) is 0 Å². The van der Waals surface area contributed by atoms with Crippen molar-refractivity contribution in [2.45, 2.75) is 6.42 Å². The maximum absolute atomic E-state index is 13.8. The van der Waals surface area contributed by atoms with Gasteiger partial charge in [-0.25, -0.2) is 13.8 Å². The van der Waals surface area contributed by atoms with Gasteiger partial charge < -0.3 is 15.1 Å². The number of rotatable bonds is 2. The lowest BCUT2D eigenvalue weighted by molar-refractivity contribution is -0.127. The van der Waals surface area contributed by atoms with Gasteiger partial charge in [-0.1, -0.05) is 0 Å². The zero-order chi connectivity index (χ0) is 14.0. The molecule has 1 amide bonds. The van der Waals surface area contributed by atoms with E-state index in [1.54, 1.807) is 16.8 Å². The van der Waals surface area contributed by atoms with Gasteiger partial charge in [-0.3, -0.25) is 4.79 Å². The molecule has 0 bridgehead atoms. The van der Waals surface area contributed by atoms with Gasteiger partial charge in [-0.2, -0.15) is 0 Å². The van der Waals surface area contributed by atoms with Crippen LogP contribution in [0.15, 0.2) is 6.07 Å². The van der Waals surface area contributed by atoms with E-state index in [2.05, 4.69) is 10.3 Å². The lowest BCUT2D eigenvalue weighted by atomic mass is 10.3. The van der Waals surface area contributed by atoms with Gasteiger partial charge in [0.2, 0.25) is 5.91 Å². The Morgan fingerprint density at radius 3 is 2.74 bits per heavy atom. The highest BCUT2D eigenvalue weighted by molar-refractivity contribution is 5.81. The van der Waals surface area contributed by atoms with Crippen molar-refractivity contribution in [2.24, 2.45) is 0 Å². The molecule has 104 valence electrons. The number of pyridine rings is 1. The van der Waals surface area contributed by atoms with Crippen LogP contribution in [-0.2, 0) is 4.79 Å². The van der Waals surface area contributed by atoms with E-state index in [0.717, 1.165) is 12.5 Å². The third kappa shape index (κ3) is 2.74. The van der Waals surface area contributed by atoms with Crippen LogP contribution in [0.25, 0.3) is 0 Å². The lowest BCUT2D eigenvalue weighted by Crippen LogP contribution is -2.35. The first kappa shape index (κ1) is 13.5. The topological polar surface area (TPSA) is 48.5 Å². The summed E-state index contributed by atoms with van der Waals surface area (Å²) in [6.07, 6.45) is 0.718. The maximum atomic E-state index is 13.8. The van der Waals surface area contributed by atoms with Crippen molar-refractivity contribution in [1.29, 1.82) is 0 Å². The van der Waals surface area contributed by atoms with Crippen molar-refractivity contribution in [3.8, 4) is 0 Å². The minimum atomic E-state index is -0.756. The van der Waals surface area contributed by atoms with Crippen molar-refractivity contribution in [3.05, 3.63) is 17.7 Å². The Morgan fingerprint density at radius 2 is 2.05 bits per heavy atom. The first-order valence-electron chi connectivity index (χ1n) is 6.05. The highest BCUT2D eigenvalue weighted by Crippen LogP contribution is 2.23. The molecule has 1 fully saturated rings. The van der Waals surface area contributed by atoms with Gasteiger partial charge in [-0.15, -0.1) is 0 Å². The van der Waals surface area contributed by atoms with Crippen LogP contribution < -0.4 is 10.2 Å². The molecule has 1 saturated heterocycles. The number of nitrogens with one attached hydrogen (secondary N) is 1. The molecule has 1 aliphatic heterocycles. The van der Waals surface area contributed by atoms with Crippen molar-refractivity contribution < 1.29 is 13.6 Å². The number of likely N-dealkylation sites (N-methyl/N-ethyl adjacent to an activating group) is 1. The summed E-state index contributed by atoms with van der Waals surface area (Å²) in [5, 5.41) is 2.56. The summed E-state index contributed by atoms with van der Waals surface area (Å²) in [6.45, 7) is 1.18. The number of nitrogens with zero attached hydrogens (tertiary/aromatic N) is 3. The highest BCUT2D eigenvalue weighted by Gasteiger charge is 2.23. The number of anilines is 2. The molecule has 7 heteroatoms. The zero-order valence-electron chi connectivity index (χ0n) is 10.9. The number of carbonyl (C=O) groups is 1. The molecule has 19 heavy (non-hydrogen) atoms. The van der Waals surface area contributed by atoms with Gasteiger partial charge in [-0.05, 0) is 6.42 Å². The molecule has 0 atom stereocenters. The molecule has 1 aromatic rings. The van der Waals surface area contributed by atoms with Gasteiger partial charge in [0.05, 0.1) is 6.54 Å². The van der Waals surface area contributed by atoms with Crippen molar-refractivity contribution >= 4 is 17.5 Å².